The summed E-state index contributed by atoms with van der Waals surface area (Å²) < 4.78 is 7.67. The fraction of sp³-hybridized carbons (Fsp3) is 0.417. The molecular formula is C24H29N4O2+. The van der Waals surface area contributed by atoms with Crippen LogP contribution in [0.3, 0.4) is 0 Å². The molecule has 2 aromatic carbocycles. The third kappa shape index (κ3) is 3.56. The maximum Gasteiger partial charge on any atom is 0.259 e. The van der Waals surface area contributed by atoms with E-state index in [2.05, 4.69) is 16.0 Å². The van der Waals surface area contributed by atoms with Crippen molar-refractivity contribution in [3.63, 3.8) is 0 Å². The molecule has 1 atom stereocenters. The largest absolute Gasteiger partial charge is 0.496 e. The Morgan fingerprint density at radius 2 is 2.00 bits per heavy atom. The van der Waals surface area contributed by atoms with Crippen molar-refractivity contribution in [1.82, 2.24) is 9.55 Å². The van der Waals surface area contributed by atoms with Gasteiger partial charge in [0, 0.05) is 5.69 Å². The minimum atomic E-state index is -0.177. The molecule has 5 rings (SSSR count). The first kappa shape index (κ1) is 19.1. The summed E-state index contributed by atoms with van der Waals surface area (Å²) in [6.45, 7) is 3.20. The van der Waals surface area contributed by atoms with Gasteiger partial charge in [0.2, 0.25) is 0 Å². The van der Waals surface area contributed by atoms with Gasteiger partial charge in [0.05, 0.1) is 42.8 Å². The molecule has 0 radical (unpaired) electrons. The van der Waals surface area contributed by atoms with Crippen LogP contribution in [0, 0.1) is 0 Å². The Morgan fingerprint density at radius 3 is 2.83 bits per heavy atom. The van der Waals surface area contributed by atoms with Crippen molar-refractivity contribution in [3.8, 4) is 5.75 Å². The number of anilines is 1. The van der Waals surface area contributed by atoms with Gasteiger partial charge in [-0.2, -0.15) is 0 Å². The van der Waals surface area contributed by atoms with Gasteiger partial charge in [0.15, 0.2) is 5.82 Å². The van der Waals surface area contributed by atoms with E-state index in [9.17, 15) is 4.79 Å². The highest BCUT2D eigenvalue weighted by atomic mass is 16.5. The number of methoxy groups -OCH3 is 1. The zero-order chi connectivity index (χ0) is 20.5. The standard InChI is InChI=1S/C24H28N4O2/c1-30-22-10-6-5-9-19(22)24(29)25-17-11-12-21-20(15-17)26-23-16-27(13-14-28(21)23)18-7-3-2-4-8-18/h5-6,9-12,15,18H,2-4,7-8,13-14,16H2,1H3,(H,25,29)/p+1. The van der Waals surface area contributed by atoms with Gasteiger partial charge in [-0.1, -0.05) is 18.6 Å². The Kier molecular flexibility index (Phi) is 5.17. The topological polar surface area (TPSA) is 60.6 Å². The van der Waals surface area contributed by atoms with Crippen molar-refractivity contribution in [2.24, 2.45) is 0 Å². The molecule has 1 fully saturated rings. The quantitative estimate of drug-likeness (QED) is 0.701. The summed E-state index contributed by atoms with van der Waals surface area (Å²) >= 11 is 0. The number of benzene rings is 2. The Bertz CT molecular complexity index is 1070. The summed E-state index contributed by atoms with van der Waals surface area (Å²) in [6.07, 6.45) is 6.86. The van der Waals surface area contributed by atoms with Crippen LogP contribution in [0.15, 0.2) is 42.5 Å². The van der Waals surface area contributed by atoms with Gasteiger partial charge in [0.1, 0.15) is 12.3 Å². The number of para-hydroxylation sites is 1. The summed E-state index contributed by atoms with van der Waals surface area (Å²) in [7, 11) is 1.58. The van der Waals surface area contributed by atoms with Crippen LogP contribution >= 0.6 is 0 Å². The summed E-state index contributed by atoms with van der Waals surface area (Å²) in [5.41, 5.74) is 3.39. The number of imidazole rings is 1. The van der Waals surface area contributed by atoms with Crippen molar-refractivity contribution < 1.29 is 14.4 Å². The summed E-state index contributed by atoms with van der Waals surface area (Å²) in [5.74, 6) is 1.56. The molecule has 3 aromatic rings. The van der Waals surface area contributed by atoms with E-state index in [0.717, 1.165) is 35.9 Å². The van der Waals surface area contributed by atoms with Gasteiger partial charge in [-0.25, -0.2) is 4.98 Å². The maximum atomic E-state index is 12.7. The molecule has 1 aromatic heterocycles. The van der Waals surface area contributed by atoms with Gasteiger partial charge in [-0.3, -0.25) is 4.79 Å². The predicted molar refractivity (Wildman–Crippen MR) is 117 cm³/mol. The second kappa shape index (κ2) is 8.11. The average Bonchev–Trinajstić information content (AvgIpc) is 3.16. The van der Waals surface area contributed by atoms with Crippen LogP contribution in [0.25, 0.3) is 11.0 Å². The fourth-order valence-corrected chi connectivity index (χ4v) is 5.08. The van der Waals surface area contributed by atoms with Crippen LogP contribution in [0.5, 0.6) is 5.75 Å². The van der Waals surface area contributed by atoms with E-state index in [4.69, 9.17) is 9.72 Å². The molecule has 2 aliphatic rings. The first-order valence-corrected chi connectivity index (χ1v) is 11.0. The Labute approximate surface area is 176 Å². The molecule has 1 unspecified atom stereocenters. The molecule has 0 saturated heterocycles. The molecule has 0 bridgehead atoms. The van der Waals surface area contributed by atoms with Gasteiger partial charge >= 0.3 is 0 Å². The van der Waals surface area contributed by atoms with E-state index < -0.39 is 0 Å². The SMILES string of the molecule is COc1ccccc1C(=O)Nc1ccc2c(c1)nc1n2CC[NH+](C2CCCCC2)C1. The van der Waals surface area contributed by atoms with Crippen molar-refractivity contribution in [2.45, 2.75) is 51.2 Å². The van der Waals surface area contributed by atoms with Gasteiger partial charge in [-0.15, -0.1) is 0 Å². The van der Waals surface area contributed by atoms with E-state index in [-0.39, 0.29) is 5.91 Å². The zero-order valence-electron chi connectivity index (χ0n) is 17.5. The van der Waals surface area contributed by atoms with Crippen LogP contribution in [0.4, 0.5) is 5.69 Å². The van der Waals surface area contributed by atoms with Crippen molar-refractivity contribution >= 4 is 22.6 Å². The van der Waals surface area contributed by atoms with E-state index in [1.807, 2.05) is 24.3 Å². The number of ether oxygens (including phenoxy) is 1. The Hall–Kier alpha value is -2.86. The third-order valence-electron chi connectivity index (χ3n) is 6.66. The number of aromatic nitrogens is 2. The van der Waals surface area contributed by atoms with Crippen molar-refractivity contribution in [3.05, 3.63) is 53.9 Å². The number of carbonyl (C=O) groups is 1. The molecule has 0 spiro atoms. The molecule has 30 heavy (non-hydrogen) atoms. The fourth-order valence-electron chi connectivity index (χ4n) is 5.08. The van der Waals surface area contributed by atoms with Crippen LogP contribution in [0.1, 0.15) is 48.3 Å². The van der Waals surface area contributed by atoms with E-state index in [0.29, 0.717) is 11.3 Å². The van der Waals surface area contributed by atoms with Crippen LogP contribution in [-0.2, 0) is 13.1 Å². The molecule has 6 heteroatoms. The Balaban J connectivity index is 1.36. The normalized spacial score (nSPS) is 19.4. The Morgan fingerprint density at radius 1 is 1.17 bits per heavy atom. The zero-order valence-corrected chi connectivity index (χ0v) is 17.5. The summed E-state index contributed by atoms with van der Waals surface area (Å²) in [5, 5.41) is 2.99. The second-order valence-electron chi connectivity index (χ2n) is 8.46. The molecule has 1 aliphatic carbocycles. The number of hydrogen-bond acceptors (Lipinski definition) is 3. The number of hydrogen-bond donors (Lipinski definition) is 2. The molecular weight excluding hydrogens is 376 g/mol. The molecule has 1 aliphatic heterocycles. The highest BCUT2D eigenvalue weighted by molar-refractivity contribution is 6.06. The second-order valence-corrected chi connectivity index (χ2v) is 8.46. The lowest BCUT2D eigenvalue weighted by molar-refractivity contribution is -0.944. The predicted octanol–water partition coefficient (Wildman–Crippen LogP) is 3.03. The van der Waals surface area contributed by atoms with Crippen molar-refractivity contribution in [2.75, 3.05) is 19.0 Å². The lowest BCUT2D eigenvalue weighted by Gasteiger charge is -2.34. The number of carbonyl (C=O) groups excluding carboxylic acids is 1. The van der Waals surface area contributed by atoms with E-state index in [1.165, 1.54) is 44.5 Å². The third-order valence-corrected chi connectivity index (χ3v) is 6.66. The number of nitrogens with one attached hydrogen (secondary N) is 2. The highest BCUT2D eigenvalue weighted by Gasteiger charge is 2.30. The molecule has 1 amide bonds. The maximum absolute atomic E-state index is 12.7. The number of fused-ring (bicyclic) bond motifs is 3. The number of rotatable bonds is 4. The smallest absolute Gasteiger partial charge is 0.259 e. The van der Waals surface area contributed by atoms with Gasteiger partial charge in [-0.05, 0) is 56.0 Å². The lowest BCUT2D eigenvalue weighted by atomic mass is 9.94. The highest BCUT2D eigenvalue weighted by Crippen LogP contribution is 2.24. The average molecular weight is 406 g/mol. The first-order chi connectivity index (χ1) is 14.7. The molecule has 2 N–H and O–H groups in total. The summed E-state index contributed by atoms with van der Waals surface area (Å²) in [4.78, 5) is 19.4. The minimum Gasteiger partial charge on any atom is -0.496 e. The molecule has 6 nitrogen and oxygen atoms in total. The monoisotopic (exact) mass is 405 g/mol. The first-order valence-electron chi connectivity index (χ1n) is 11.0. The van der Waals surface area contributed by atoms with E-state index >= 15 is 0 Å². The van der Waals surface area contributed by atoms with Crippen molar-refractivity contribution in [1.29, 1.82) is 0 Å². The van der Waals surface area contributed by atoms with Crippen LogP contribution in [-0.4, -0.2) is 35.2 Å². The van der Waals surface area contributed by atoms with Gasteiger partial charge in [0.25, 0.3) is 5.91 Å². The minimum absolute atomic E-state index is 0.177. The lowest BCUT2D eigenvalue weighted by Crippen LogP contribution is -3.15. The summed E-state index contributed by atoms with van der Waals surface area (Å²) in [6, 6.07) is 14.1. The molecule has 1 saturated carbocycles. The molecule has 2 heterocycles. The number of quaternary nitrogens is 1. The molecule has 156 valence electrons. The van der Waals surface area contributed by atoms with Crippen LogP contribution < -0.4 is 15.0 Å². The number of amides is 1. The van der Waals surface area contributed by atoms with Gasteiger partial charge < -0.3 is 19.5 Å². The number of nitrogens with zero attached hydrogens (tertiary/aromatic N) is 2. The van der Waals surface area contributed by atoms with Crippen LogP contribution in [0.2, 0.25) is 0 Å². The van der Waals surface area contributed by atoms with E-state index in [1.54, 1.807) is 24.1 Å².